The fourth-order valence-electron chi connectivity index (χ4n) is 6.20. The van der Waals surface area contributed by atoms with E-state index in [1.165, 1.54) is 44.4 Å². The van der Waals surface area contributed by atoms with Crippen molar-refractivity contribution >= 4 is 43.5 Å². The van der Waals surface area contributed by atoms with E-state index in [9.17, 15) is 22.0 Å². The molecule has 0 spiro atoms. The largest absolute Gasteiger partial charge is 0.455 e. The molecule has 3 aromatic heterocycles. The van der Waals surface area contributed by atoms with E-state index >= 15 is 0 Å². The first-order valence-electron chi connectivity index (χ1n) is 16.4. The first kappa shape index (κ1) is 34.6. The van der Waals surface area contributed by atoms with Crippen LogP contribution in [0.15, 0.2) is 108 Å². The van der Waals surface area contributed by atoms with E-state index < -0.39 is 21.7 Å². The fraction of sp³-hybridized carbons (Fsp3) is 0.150. The molecule has 0 saturated carbocycles. The van der Waals surface area contributed by atoms with Crippen molar-refractivity contribution in [3.8, 4) is 34.0 Å². The molecular weight excluding hydrogens is 687 g/mol. The third kappa shape index (κ3) is 6.78. The van der Waals surface area contributed by atoms with Crippen molar-refractivity contribution in [3.05, 3.63) is 131 Å². The van der Waals surface area contributed by atoms with Gasteiger partial charge in [-0.1, -0.05) is 42.5 Å². The van der Waals surface area contributed by atoms with E-state index in [0.717, 1.165) is 21.7 Å². The van der Waals surface area contributed by atoms with E-state index in [2.05, 4.69) is 10.3 Å². The number of halogens is 2. The summed E-state index contributed by atoms with van der Waals surface area (Å²) < 4.78 is 68.0. The number of sulfonamides is 1. The molecule has 4 aromatic carbocycles. The molecule has 0 fully saturated rings. The van der Waals surface area contributed by atoms with Crippen LogP contribution in [0.3, 0.4) is 0 Å². The van der Waals surface area contributed by atoms with Gasteiger partial charge in [0.25, 0.3) is 5.91 Å². The van der Waals surface area contributed by atoms with Gasteiger partial charge in [0, 0.05) is 47.6 Å². The lowest BCUT2D eigenvalue weighted by molar-refractivity contribution is 0.0964. The Bertz CT molecular complexity index is 2550. The normalized spacial score (nSPS) is 11.7. The summed E-state index contributed by atoms with van der Waals surface area (Å²) in [5.41, 5.74) is 5.46. The molecule has 0 aliphatic rings. The van der Waals surface area contributed by atoms with Gasteiger partial charge in [-0.15, -0.1) is 0 Å². The number of nitrogens with zero attached hydrogens (tertiary/aromatic N) is 2. The minimum absolute atomic E-state index is 0.192. The molecule has 7 aromatic rings. The fourth-order valence-corrected chi connectivity index (χ4v) is 6.70. The molecule has 2 N–H and O–H groups in total. The van der Waals surface area contributed by atoms with Crippen molar-refractivity contribution in [3.63, 3.8) is 0 Å². The first-order chi connectivity index (χ1) is 25.0. The lowest BCUT2D eigenvalue weighted by Gasteiger charge is -2.21. The van der Waals surface area contributed by atoms with Gasteiger partial charge in [0.15, 0.2) is 0 Å². The van der Waals surface area contributed by atoms with Crippen LogP contribution < -0.4 is 9.62 Å². The highest BCUT2D eigenvalue weighted by Crippen LogP contribution is 2.42. The molecule has 0 aliphatic carbocycles. The van der Waals surface area contributed by atoms with Crippen molar-refractivity contribution in [1.29, 1.82) is 0 Å². The van der Waals surface area contributed by atoms with Crippen molar-refractivity contribution in [1.82, 2.24) is 15.3 Å². The molecule has 0 unspecified atom stereocenters. The molecular formula is C40H34F2N4O5S. The lowest BCUT2D eigenvalue weighted by atomic mass is 9.99. The molecule has 52 heavy (non-hydrogen) atoms. The van der Waals surface area contributed by atoms with Crippen LogP contribution in [0.1, 0.15) is 21.5 Å². The van der Waals surface area contributed by atoms with E-state index in [1.54, 1.807) is 36.4 Å². The number of amides is 1. The number of aromatic nitrogens is 2. The Morgan fingerprint density at radius 2 is 1.71 bits per heavy atom. The number of fused-ring (bicyclic) bond motifs is 2. The summed E-state index contributed by atoms with van der Waals surface area (Å²) >= 11 is 0. The molecule has 7 rings (SSSR count). The predicted molar refractivity (Wildman–Crippen MR) is 199 cm³/mol. The van der Waals surface area contributed by atoms with Crippen LogP contribution >= 0.6 is 0 Å². The third-order valence-corrected chi connectivity index (χ3v) is 10.1. The minimum Gasteiger partial charge on any atom is -0.455 e. The number of furan rings is 1. The zero-order chi connectivity index (χ0) is 36.6. The number of pyridine rings is 1. The Morgan fingerprint density at radius 3 is 2.42 bits per heavy atom. The highest BCUT2D eigenvalue weighted by Gasteiger charge is 2.27. The van der Waals surface area contributed by atoms with Crippen molar-refractivity contribution in [2.75, 3.05) is 31.3 Å². The van der Waals surface area contributed by atoms with Crippen LogP contribution in [-0.2, 0) is 27.8 Å². The molecule has 12 heteroatoms. The second-order valence-corrected chi connectivity index (χ2v) is 14.4. The minimum atomic E-state index is -3.79. The van der Waals surface area contributed by atoms with Gasteiger partial charge in [0.2, 0.25) is 10.0 Å². The number of nitrogens with one attached hydrogen (secondary N) is 2. The van der Waals surface area contributed by atoms with Crippen LogP contribution in [0.4, 0.5) is 14.5 Å². The van der Waals surface area contributed by atoms with Gasteiger partial charge < -0.3 is 19.5 Å². The number of carbonyl (C=O) groups excluding carboxylic acids is 1. The van der Waals surface area contributed by atoms with Crippen molar-refractivity contribution < 1.29 is 31.1 Å². The number of H-pyrrole nitrogens is 1. The number of carbonyl (C=O) groups is 1. The monoisotopic (exact) mass is 720 g/mol. The van der Waals surface area contributed by atoms with Crippen LogP contribution in [-0.4, -0.2) is 51.3 Å². The average Bonchev–Trinajstić information content (AvgIpc) is 3.75. The number of aromatic amines is 1. The van der Waals surface area contributed by atoms with E-state index in [4.69, 9.17) is 14.1 Å². The molecule has 0 atom stereocenters. The van der Waals surface area contributed by atoms with Gasteiger partial charge >= 0.3 is 0 Å². The van der Waals surface area contributed by atoms with Gasteiger partial charge in [-0.25, -0.2) is 22.2 Å². The lowest BCUT2D eigenvalue weighted by Crippen LogP contribution is -2.25. The topological polar surface area (TPSA) is 118 Å². The van der Waals surface area contributed by atoms with Gasteiger partial charge in [-0.05, 0) is 72.1 Å². The van der Waals surface area contributed by atoms with Crippen LogP contribution in [0.2, 0.25) is 0 Å². The molecule has 0 aliphatic heterocycles. The van der Waals surface area contributed by atoms with Gasteiger partial charge in [-0.3, -0.25) is 9.10 Å². The number of hydrogen-bond donors (Lipinski definition) is 2. The second-order valence-electron chi connectivity index (χ2n) is 12.4. The Labute approximate surface area is 298 Å². The molecule has 1 amide bonds. The molecule has 0 radical (unpaired) electrons. The van der Waals surface area contributed by atoms with E-state index in [-0.39, 0.29) is 28.4 Å². The quantitative estimate of drug-likeness (QED) is 0.131. The van der Waals surface area contributed by atoms with Gasteiger partial charge in [-0.2, -0.15) is 0 Å². The highest BCUT2D eigenvalue weighted by molar-refractivity contribution is 7.92. The Kier molecular flexibility index (Phi) is 9.35. The van der Waals surface area contributed by atoms with Crippen LogP contribution in [0.25, 0.3) is 55.8 Å². The molecule has 9 nitrogen and oxygen atoms in total. The number of anilines is 1. The summed E-state index contributed by atoms with van der Waals surface area (Å²) in [6.45, 7) is 0.807. The maximum absolute atomic E-state index is 14.9. The van der Waals surface area contributed by atoms with Crippen LogP contribution in [0, 0.1) is 11.6 Å². The number of hydrogen-bond acceptors (Lipinski definition) is 6. The molecule has 264 valence electrons. The van der Waals surface area contributed by atoms with Gasteiger partial charge in [0.05, 0.1) is 47.8 Å². The summed E-state index contributed by atoms with van der Waals surface area (Å²) in [6, 6.07) is 28.7. The Balaban J connectivity index is 1.40. The first-order valence-corrected chi connectivity index (χ1v) is 18.3. The Morgan fingerprint density at radius 1 is 0.942 bits per heavy atom. The summed E-state index contributed by atoms with van der Waals surface area (Å²) in [5, 5.41) is 3.45. The summed E-state index contributed by atoms with van der Waals surface area (Å²) in [7, 11) is -0.880. The SMILES string of the molecule is CNC(=O)c1c(-c2ccc(F)cc2)oc2cc(N(C)S(C)(=O)=O)c(-c3ccc(CCOCc4ccccc4)c(-c4cc5c(F)cccc5[nH]4)n3)cc12. The summed E-state index contributed by atoms with van der Waals surface area (Å²) in [5.74, 6) is -1.09. The number of ether oxygens (including phenoxy) is 1. The number of benzene rings is 4. The zero-order valence-corrected chi connectivity index (χ0v) is 29.4. The van der Waals surface area contributed by atoms with E-state index in [0.29, 0.717) is 64.1 Å². The second kappa shape index (κ2) is 14.0. The van der Waals surface area contributed by atoms with Crippen molar-refractivity contribution in [2.45, 2.75) is 13.0 Å². The summed E-state index contributed by atoms with van der Waals surface area (Å²) in [6.07, 6.45) is 1.56. The predicted octanol–water partition coefficient (Wildman–Crippen LogP) is 8.10. The van der Waals surface area contributed by atoms with Crippen molar-refractivity contribution in [2.24, 2.45) is 0 Å². The van der Waals surface area contributed by atoms with Gasteiger partial charge in [0.1, 0.15) is 23.0 Å². The molecule has 0 bridgehead atoms. The third-order valence-electron chi connectivity index (χ3n) is 8.95. The zero-order valence-electron chi connectivity index (χ0n) is 28.5. The summed E-state index contributed by atoms with van der Waals surface area (Å²) in [4.78, 5) is 21.7. The standard InChI is InChI=1S/C40H34F2N4O5S/c1-43-40(47)37-30-20-29(35(46(2)52(3,48)49)22-36(30)51-39(37)26-12-15-27(41)16-13-26)33-17-14-25(18-19-50-23-24-8-5-4-6-9-24)38(45-33)34-21-28-31(42)10-7-11-32(28)44-34/h4-17,20-22,44H,18-19,23H2,1-3H3,(H,43,47). The van der Waals surface area contributed by atoms with Crippen LogP contribution in [0.5, 0.6) is 0 Å². The maximum atomic E-state index is 14.9. The highest BCUT2D eigenvalue weighted by atomic mass is 32.2. The smallest absolute Gasteiger partial charge is 0.255 e. The maximum Gasteiger partial charge on any atom is 0.255 e. The average molecular weight is 721 g/mol. The van der Waals surface area contributed by atoms with E-state index in [1.807, 2.05) is 36.4 Å². The molecule has 0 saturated heterocycles. The molecule has 3 heterocycles. The Hall–Kier alpha value is -5.85. The number of rotatable bonds is 11.